The first kappa shape index (κ1) is 20.0. The summed E-state index contributed by atoms with van der Waals surface area (Å²) in [5.41, 5.74) is 1.39. The predicted molar refractivity (Wildman–Crippen MR) is 111 cm³/mol. The number of carbonyl (C=O) groups is 2. The number of halogens is 2. The predicted octanol–water partition coefficient (Wildman–Crippen LogP) is 4.43. The summed E-state index contributed by atoms with van der Waals surface area (Å²) in [6, 6.07) is 10.5. The molecule has 0 bridgehead atoms. The largest absolute Gasteiger partial charge is 0.492 e. The molecule has 152 valence electrons. The molecule has 0 aromatic heterocycles. The van der Waals surface area contributed by atoms with Crippen molar-refractivity contribution >= 4 is 34.9 Å². The van der Waals surface area contributed by atoms with E-state index in [0.29, 0.717) is 59.1 Å². The van der Waals surface area contributed by atoms with Gasteiger partial charge >= 0.3 is 0 Å². The number of benzene rings is 2. The zero-order valence-corrected chi connectivity index (χ0v) is 17.3. The van der Waals surface area contributed by atoms with Gasteiger partial charge in [0, 0.05) is 35.7 Å². The molecule has 0 N–H and O–H groups in total. The van der Waals surface area contributed by atoms with Crippen LogP contribution in [0.15, 0.2) is 36.4 Å². The maximum atomic E-state index is 12.9. The van der Waals surface area contributed by atoms with E-state index in [1.165, 1.54) is 0 Å². The van der Waals surface area contributed by atoms with Gasteiger partial charge in [-0.25, -0.2) is 0 Å². The fraction of sp³-hybridized carbons (Fsp3) is 0.364. The van der Waals surface area contributed by atoms with Crippen LogP contribution in [0.4, 0.5) is 0 Å². The van der Waals surface area contributed by atoms with Crippen LogP contribution in [-0.2, 0) is 11.2 Å². The number of fused-ring (bicyclic) bond motifs is 1. The highest BCUT2D eigenvalue weighted by Gasteiger charge is 2.26. The Morgan fingerprint density at radius 3 is 2.69 bits per heavy atom. The zero-order valence-electron chi connectivity index (χ0n) is 15.8. The molecule has 2 heterocycles. The van der Waals surface area contributed by atoms with E-state index in [9.17, 15) is 9.59 Å². The minimum absolute atomic E-state index is 0.00839. The lowest BCUT2D eigenvalue weighted by atomic mass is 9.96. The smallest absolute Gasteiger partial charge is 0.253 e. The summed E-state index contributed by atoms with van der Waals surface area (Å²) in [6.07, 6.45) is 2.05. The summed E-state index contributed by atoms with van der Waals surface area (Å²) < 4.78 is 11.2. The van der Waals surface area contributed by atoms with Crippen molar-refractivity contribution in [3.8, 4) is 11.5 Å². The first-order valence-electron chi connectivity index (χ1n) is 9.64. The van der Waals surface area contributed by atoms with Gasteiger partial charge in [0.25, 0.3) is 5.91 Å². The van der Waals surface area contributed by atoms with Gasteiger partial charge in [0.1, 0.15) is 18.1 Å². The number of amides is 1. The van der Waals surface area contributed by atoms with Crippen molar-refractivity contribution in [3.05, 3.63) is 57.6 Å². The number of ether oxygens (including phenoxy) is 2. The van der Waals surface area contributed by atoms with Crippen molar-refractivity contribution < 1.29 is 19.1 Å². The molecule has 4 rings (SSSR count). The standard InChI is InChI=1S/C22H21Cl2NO4/c23-17-2-4-21(19(24)11-17)28-12-14-5-7-25(8-6-14)22(27)15-1-3-20-16(9-15)10-18(26)13-29-20/h1-4,9,11,14H,5-8,10,12-13H2. The lowest BCUT2D eigenvalue weighted by Gasteiger charge is -2.32. The van der Waals surface area contributed by atoms with E-state index in [4.69, 9.17) is 32.7 Å². The van der Waals surface area contributed by atoms with Gasteiger partial charge in [0.05, 0.1) is 11.6 Å². The number of ketones is 1. The summed E-state index contributed by atoms with van der Waals surface area (Å²) in [5, 5.41) is 1.08. The van der Waals surface area contributed by atoms with Gasteiger partial charge in [-0.3, -0.25) is 9.59 Å². The summed E-state index contributed by atoms with van der Waals surface area (Å²) in [7, 11) is 0. The van der Waals surface area contributed by atoms with Gasteiger partial charge in [-0.15, -0.1) is 0 Å². The van der Waals surface area contributed by atoms with Crippen molar-refractivity contribution in [2.75, 3.05) is 26.3 Å². The third kappa shape index (κ3) is 4.68. The Morgan fingerprint density at radius 2 is 1.93 bits per heavy atom. The van der Waals surface area contributed by atoms with Gasteiger partial charge in [-0.05, 0) is 55.2 Å². The third-order valence-electron chi connectivity index (χ3n) is 5.35. The van der Waals surface area contributed by atoms with Crippen LogP contribution in [0.5, 0.6) is 11.5 Å². The van der Waals surface area contributed by atoms with Crippen molar-refractivity contribution in [1.82, 2.24) is 4.90 Å². The summed E-state index contributed by atoms with van der Waals surface area (Å²) in [6.45, 7) is 2.01. The second-order valence-corrected chi connectivity index (χ2v) is 8.29. The minimum Gasteiger partial charge on any atom is -0.492 e. The molecule has 2 aromatic carbocycles. The van der Waals surface area contributed by atoms with Gasteiger partial charge in [0.15, 0.2) is 5.78 Å². The highest BCUT2D eigenvalue weighted by molar-refractivity contribution is 6.35. The maximum Gasteiger partial charge on any atom is 0.253 e. The highest BCUT2D eigenvalue weighted by Crippen LogP contribution is 2.29. The fourth-order valence-electron chi connectivity index (χ4n) is 3.70. The second-order valence-electron chi connectivity index (χ2n) is 7.45. The van der Waals surface area contributed by atoms with Crippen LogP contribution in [0.25, 0.3) is 0 Å². The SMILES string of the molecule is O=C1COc2ccc(C(=O)N3CCC(COc4ccc(Cl)cc4Cl)CC3)cc2C1. The zero-order chi connectivity index (χ0) is 20.4. The Kier molecular flexibility index (Phi) is 5.97. The minimum atomic E-state index is -0.00839. The number of nitrogens with zero attached hydrogens (tertiary/aromatic N) is 1. The molecule has 2 aliphatic rings. The molecule has 0 atom stereocenters. The van der Waals surface area contributed by atoms with Crippen molar-refractivity contribution in [2.45, 2.75) is 19.3 Å². The summed E-state index contributed by atoms with van der Waals surface area (Å²) in [5.74, 6) is 1.70. The number of hydrogen-bond donors (Lipinski definition) is 0. The van der Waals surface area contributed by atoms with Crippen LogP contribution in [0.1, 0.15) is 28.8 Å². The molecular formula is C22H21Cl2NO4. The monoisotopic (exact) mass is 433 g/mol. The maximum absolute atomic E-state index is 12.9. The molecule has 5 nitrogen and oxygen atoms in total. The normalized spacial score (nSPS) is 16.9. The molecule has 7 heteroatoms. The van der Waals surface area contributed by atoms with Crippen LogP contribution in [0, 0.1) is 5.92 Å². The molecule has 2 aliphatic heterocycles. The Labute approximate surface area is 179 Å². The third-order valence-corrected chi connectivity index (χ3v) is 5.88. The van der Waals surface area contributed by atoms with Gasteiger partial charge in [-0.1, -0.05) is 23.2 Å². The van der Waals surface area contributed by atoms with E-state index in [1.54, 1.807) is 36.4 Å². The molecule has 0 radical (unpaired) electrons. The number of hydrogen-bond acceptors (Lipinski definition) is 4. The molecule has 0 unspecified atom stereocenters. The van der Waals surface area contributed by atoms with Crippen LogP contribution < -0.4 is 9.47 Å². The number of piperidine rings is 1. The Bertz CT molecular complexity index is 938. The van der Waals surface area contributed by atoms with Crippen LogP contribution in [0.2, 0.25) is 10.0 Å². The molecule has 0 aliphatic carbocycles. The fourth-order valence-corrected chi connectivity index (χ4v) is 4.16. The average Bonchev–Trinajstić information content (AvgIpc) is 2.72. The Morgan fingerprint density at radius 1 is 1.14 bits per heavy atom. The van der Waals surface area contributed by atoms with Crippen molar-refractivity contribution in [2.24, 2.45) is 5.92 Å². The van der Waals surface area contributed by atoms with Gasteiger partial charge in [-0.2, -0.15) is 0 Å². The van der Waals surface area contributed by atoms with Gasteiger partial charge in [0.2, 0.25) is 0 Å². The second kappa shape index (κ2) is 8.64. The molecule has 2 aromatic rings. The quantitative estimate of drug-likeness (QED) is 0.715. The Hall–Kier alpha value is -2.24. The number of Topliss-reactive ketones (excluding diaryl/α,β-unsaturated/α-hetero) is 1. The van der Waals surface area contributed by atoms with E-state index < -0.39 is 0 Å². The topological polar surface area (TPSA) is 55.8 Å². The summed E-state index contributed by atoms with van der Waals surface area (Å²) in [4.78, 5) is 26.3. The molecule has 1 fully saturated rings. The lowest BCUT2D eigenvalue weighted by molar-refractivity contribution is -0.121. The molecular weight excluding hydrogens is 413 g/mol. The molecule has 1 amide bonds. The van der Waals surface area contributed by atoms with E-state index in [2.05, 4.69) is 0 Å². The summed E-state index contributed by atoms with van der Waals surface area (Å²) >= 11 is 12.1. The first-order valence-corrected chi connectivity index (χ1v) is 10.4. The molecule has 29 heavy (non-hydrogen) atoms. The van der Waals surface area contributed by atoms with E-state index >= 15 is 0 Å². The van der Waals surface area contributed by atoms with Crippen LogP contribution >= 0.6 is 23.2 Å². The average molecular weight is 434 g/mol. The van der Waals surface area contributed by atoms with E-state index in [1.807, 2.05) is 4.90 Å². The Balaban J connectivity index is 1.32. The first-order chi connectivity index (χ1) is 14.0. The molecule has 0 saturated carbocycles. The number of carbonyl (C=O) groups excluding carboxylic acids is 2. The van der Waals surface area contributed by atoms with E-state index in [0.717, 1.165) is 18.4 Å². The molecule has 0 spiro atoms. The van der Waals surface area contributed by atoms with E-state index in [-0.39, 0.29) is 18.3 Å². The molecule has 1 saturated heterocycles. The number of rotatable bonds is 4. The van der Waals surface area contributed by atoms with Crippen LogP contribution in [0.3, 0.4) is 0 Å². The van der Waals surface area contributed by atoms with Crippen molar-refractivity contribution in [3.63, 3.8) is 0 Å². The highest BCUT2D eigenvalue weighted by atomic mass is 35.5. The lowest BCUT2D eigenvalue weighted by Crippen LogP contribution is -2.39. The van der Waals surface area contributed by atoms with Gasteiger partial charge < -0.3 is 14.4 Å². The van der Waals surface area contributed by atoms with Crippen LogP contribution in [-0.4, -0.2) is 42.9 Å². The number of likely N-dealkylation sites (tertiary alicyclic amines) is 1. The van der Waals surface area contributed by atoms with Crippen molar-refractivity contribution in [1.29, 1.82) is 0 Å².